The topological polar surface area (TPSA) is 53.3 Å². The van der Waals surface area contributed by atoms with Crippen LogP contribution in [0, 0.1) is 0 Å². The molecule has 0 fully saturated rings. The molecule has 6 heteroatoms. The minimum Gasteiger partial charge on any atom is -0.488 e. The standard InChI is InChI=1S/C14H13ClN2O3/c1-3-19-14(18)12-10-7-20-11-5-4-8(15)6-9(11)13(10)17(2)16-12/h4-6H,3,7H2,1-2H3. The second kappa shape index (κ2) is 4.83. The van der Waals surface area contributed by atoms with Gasteiger partial charge in [-0.15, -0.1) is 0 Å². The third-order valence-corrected chi connectivity index (χ3v) is 3.42. The van der Waals surface area contributed by atoms with Gasteiger partial charge in [-0.05, 0) is 25.1 Å². The van der Waals surface area contributed by atoms with Crippen LogP contribution in [-0.4, -0.2) is 22.4 Å². The van der Waals surface area contributed by atoms with Crippen molar-refractivity contribution in [2.75, 3.05) is 6.61 Å². The van der Waals surface area contributed by atoms with Crippen LogP contribution in [0.4, 0.5) is 0 Å². The third kappa shape index (κ3) is 1.94. The molecule has 0 unspecified atom stereocenters. The van der Waals surface area contributed by atoms with Crippen LogP contribution in [0.1, 0.15) is 23.0 Å². The summed E-state index contributed by atoms with van der Waals surface area (Å²) >= 11 is 6.04. The summed E-state index contributed by atoms with van der Waals surface area (Å²) in [7, 11) is 1.79. The van der Waals surface area contributed by atoms with Crippen molar-refractivity contribution < 1.29 is 14.3 Å². The highest BCUT2D eigenvalue weighted by molar-refractivity contribution is 6.31. The van der Waals surface area contributed by atoms with Gasteiger partial charge < -0.3 is 9.47 Å². The van der Waals surface area contributed by atoms with Crippen LogP contribution in [0.25, 0.3) is 11.3 Å². The van der Waals surface area contributed by atoms with E-state index < -0.39 is 5.97 Å². The lowest BCUT2D eigenvalue weighted by Crippen LogP contribution is -2.11. The number of carbonyl (C=O) groups excluding carboxylic acids is 1. The zero-order valence-corrected chi connectivity index (χ0v) is 11.9. The van der Waals surface area contributed by atoms with E-state index in [1.807, 2.05) is 12.1 Å². The molecule has 5 nitrogen and oxygen atoms in total. The Labute approximate surface area is 121 Å². The molecule has 1 aromatic carbocycles. The Morgan fingerprint density at radius 2 is 2.35 bits per heavy atom. The van der Waals surface area contributed by atoms with E-state index in [2.05, 4.69) is 5.10 Å². The van der Waals surface area contributed by atoms with Gasteiger partial charge in [-0.3, -0.25) is 4.68 Å². The van der Waals surface area contributed by atoms with Crippen LogP contribution in [-0.2, 0) is 18.4 Å². The maximum absolute atomic E-state index is 11.9. The molecule has 0 bridgehead atoms. The molecule has 2 heterocycles. The van der Waals surface area contributed by atoms with Gasteiger partial charge in [0.15, 0.2) is 5.69 Å². The third-order valence-electron chi connectivity index (χ3n) is 3.18. The van der Waals surface area contributed by atoms with Crippen molar-refractivity contribution in [1.82, 2.24) is 9.78 Å². The minimum absolute atomic E-state index is 0.298. The molecule has 0 amide bonds. The molecular formula is C14H13ClN2O3. The van der Waals surface area contributed by atoms with Crippen LogP contribution in [0.2, 0.25) is 5.02 Å². The molecule has 0 atom stereocenters. The van der Waals surface area contributed by atoms with Crippen molar-refractivity contribution in [3.05, 3.63) is 34.5 Å². The molecule has 0 aliphatic carbocycles. The summed E-state index contributed by atoms with van der Waals surface area (Å²) in [6, 6.07) is 5.40. The number of halogens is 1. The number of hydrogen-bond donors (Lipinski definition) is 0. The Kier molecular flexibility index (Phi) is 3.14. The van der Waals surface area contributed by atoms with Crippen molar-refractivity contribution in [3.8, 4) is 17.0 Å². The molecule has 0 radical (unpaired) electrons. The van der Waals surface area contributed by atoms with E-state index in [0.717, 1.165) is 22.6 Å². The summed E-state index contributed by atoms with van der Waals surface area (Å²) in [6.45, 7) is 2.37. The van der Waals surface area contributed by atoms with Gasteiger partial charge in [-0.1, -0.05) is 11.6 Å². The molecule has 1 aliphatic rings. The number of carbonyl (C=O) groups is 1. The van der Waals surface area contributed by atoms with Crippen LogP contribution >= 0.6 is 11.6 Å². The average molecular weight is 293 g/mol. The van der Waals surface area contributed by atoms with Gasteiger partial charge in [0.25, 0.3) is 0 Å². The predicted molar refractivity (Wildman–Crippen MR) is 73.9 cm³/mol. The fourth-order valence-corrected chi connectivity index (χ4v) is 2.54. The lowest BCUT2D eigenvalue weighted by molar-refractivity contribution is 0.0515. The van der Waals surface area contributed by atoms with E-state index in [1.165, 1.54) is 0 Å². The van der Waals surface area contributed by atoms with E-state index >= 15 is 0 Å². The largest absolute Gasteiger partial charge is 0.488 e. The van der Waals surface area contributed by atoms with Crippen LogP contribution in [0.15, 0.2) is 18.2 Å². The Balaban J connectivity index is 2.16. The molecule has 20 heavy (non-hydrogen) atoms. The first-order valence-electron chi connectivity index (χ1n) is 6.27. The zero-order valence-electron chi connectivity index (χ0n) is 11.1. The second-order valence-corrected chi connectivity index (χ2v) is 4.89. The second-order valence-electron chi connectivity index (χ2n) is 4.45. The summed E-state index contributed by atoms with van der Waals surface area (Å²) in [6.07, 6.45) is 0. The van der Waals surface area contributed by atoms with E-state index in [4.69, 9.17) is 21.1 Å². The molecule has 0 spiro atoms. The Hall–Kier alpha value is -2.01. The highest BCUT2D eigenvalue weighted by Crippen LogP contribution is 2.40. The fourth-order valence-electron chi connectivity index (χ4n) is 2.37. The number of benzene rings is 1. The van der Waals surface area contributed by atoms with E-state index in [0.29, 0.717) is 23.9 Å². The summed E-state index contributed by atoms with van der Waals surface area (Å²) < 4.78 is 12.4. The Bertz CT molecular complexity index is 694. The first-order valence-corrected chi connectivity index (χ1v) is 6.65. The summed E-state index contributed by atoms with van der Waals surface area (Å²) in [4.78, 5) is 11.9. The number of aryl methyl sites for hydroxylation is 1. The van der Waals surface area contributed by atoms with Gasteiger partial charge in [0.1, 0.15) is 12.4 Å². The van der Waals surface area contributed by atoms with E-state index in [-0.39, 0.29) is 0 Å². The number of esters is 1. The summed E-state index contributed by atoms with van der Waals surface area (Å²) in [5.74, 6) is 0.304. The molecule has 3 rings (SSSR count). The van der Waals surface area contributed by atoms with Crippen molar-refractivity contribution in [1.29, 1.82) is 0 Å². The number of aromatic nitrogens is 2. The first kappa shape index (κ1) is 13.0. The highest BCUT2D eigenvalue weighted by Gasteiger charge is 2.29. The van der Waals surface area contributed by atoms with Crippen LogP contribution in [0.5, 0.6) is 5.75 Å². The lowest BCUT2D eigenvalue weighted by atomic mass is 10.0. The normalized spacial score (nSPS) is 12.3. The molecule has 0 saturated heterocycles. The van der Waals surface area contributed by atoms with E-state index in [1.54, 1.807) is 24.7 Å². The molecular weight excluding hydrogens is 280 g/mol. The van der Waals surface area contributed by atoms with Gasteiger partial charge in [0.2, 0.25) is 0 Å². The maximum Gasteiger partial charge on any atom is 0.359 e. The maximum atomic E-state index is 11.9. The summed E-state index contributed by atoms with van der Waals surface area (Å²) in [5, 5.41) is 4.87. The number of nitrogens with zero attached hydrogens (tertiary/aromatic N) is 2. The molecule has 104 valence electrons. The Morgan fingerprint density at radius 1 is 1.55 bits per heavy atom. The van der Waals surface area contributed by atoms with Crippen LogP contribution < -0.4 is 4.74 Å². The van der Waals surface area contributed by atoms with Gasteiger partial charge >= 0.3 is 5.97 Å². The molecule has 0 saturated carbocycles. The summed E-state index contributed by atoms with van der Waals surface area (Å²) in [5.41, 5.74) is 2.72. The number of fused-ring (bicyclic) bond motifs is 3. The first-order chi connectivity index (χ1) is 9.61. The Morgan fingerprint density at radius 3 is 3.10 bits per heavy atom. The smallest absolute Gasteiger partial charge is 0.359 e. The zero-order chi connectivity index (χ0) is 14.3. The van der Waals surface area contributed by atoms with Crippen molar-refractivity contribution in [2.45, 2.75) is 13.5 Å². The van der Waals surface area contributed by atoms with Crippen molar-refractivity contribution >= 4 is 17.6 Å². The average Bonchev–Trinajstić information content (AvgIpc) is 2.77. The molecule has 1 aliphatic heterocycles. The molecule has 2 aromatic rings. The SMILES string of the molecule is CCOC(=O)c1nn(C)c2c1COc1ccc(Cl)cc1-2. The highest BCUT2D eigenvalue weighted by atomic mass is 35.5. The fraction of sp³-hybridized carbons (Fsp3) is 0.286. The number of rotatable bonds is 2. The minimum atomic E-state index is -0.432. The van der Waals surface area contributed by atoms with E-state index in [9.17, 15) is 4.79 Å². The predicted octanol–water partition coefficient (Wildman–Crippen LogP) is 2.81. The lowest BCUT2D eigenvalue weighted by Gasteiger charge is -2.18. The monoisotopic (exact) mass is 292 g/mol. The molecule has 1 aromatic heterocycles. The van der Waals surface area contributed by atoms with Gasteiger partial charge in [-0.2, -0.15) is 5.10 Å². The van der Waals surface area contributed by atoms with Crippen molar-refractivity contribution in [3.63, 3.8) is 0 Å². The number of ether oxygens (including phenoxy) is 2. The van der Waals surface area contributed by atoms with Gasteiger partial charge in [0, 0.05) is 17.6 Å². The number of hydrogen-bond acceptors (Lipinski definition) is 4. The van der Waals surface area contributed by atoms with Gasteiger partial charge in [-0.25, -0.2) is 4.79 Å². The molecule has 0 N–H and O–H groups in total. The van der Waals surface area contributed by atoms with Crippen molar-refractivity contribution in [2.24, 2.45) is 7.05 Å². The van der Waals surface area contributed by atoms with Crippen LogP contribution in [0.3, 0.4) is 0 Å². The quantitative estimate of drug-likeness (QED) is 0.799. The van der Waals surface area contributed by atoms with Gasteiger partial charge in [0.05, 0.1) is 17.9 Å².